The minimum atomic E-state index is 0.799. The first-order chi connectivity index (χ1) is 4.27. The lowest BCUT2D eigenvalue weighted by molar-refractivity contribution is 0.750. The summed E-state index contributed by atoms with van der Waals surface area (Å²) in [5.74, 6) is 5.78. The molecule has 0 heterocycles. The largest absolute Gasteiger partial charge is 0.161 e. The summed E-state index contributed by atoms with van der Waals surface area (Å²) in [5.41, 5.74) is 0. The normalized spacial score (nSPS) is 9.56. The van der Waals surface area contributed by atoms with Crippen LogP contribution in [0.15, 0.2) is 0 Å². The fourth-order valence-corrected chi connectivity index (χ4v) is 1.35. The van der Waals surface area contributed by atoms with E-state index >= 15 is 0 Å². The molecule has 0 fully saturated rings. The van der Waals surface area contributed by atoms with Crippen molar-refractivity contribution in [1.82, 2.24) is 0 Å². The standard InChI is InChI=1S/C8H14S/c1-4-5-6-9-7-8(2)3/h1,8H,5-7H2,2-3H3. The third-order valence-electron chi connectivity index (χ3n) is 0.842. The predicted octanol–water partition coefficient (Wildman–Crippen LogP) is 2.40. The second kappa shape index (κ2) is 6.04. The van der Waals surface area contributed by atoms with Crippen LogP contribution in [0.2, 0.25) is 0 Å². The zero-order valence-corrected chi connectivity index (χ0v) is 7.00. The summed E-state index contributed by atoms with van der Waals surface area (Å²) in [5, 5.41) is 0. The number of thioether (sulfide) groups is 1. The van der Waals surface area contributed by atoms with Crippen LogP contribution in [-0.2, 0) is 0 Å². The predicted molar refractivity (Wildman–Crippen MR) is 45.6 cm³/mol. The van der Waals surface area contributed by atoms with E-state index in [0.717, 1.165) is 18.1 Å². The molecule has 52 valence electrons. The molecule has 0 saturated carbocycles. The Morgan fingerprint density at radius 2 is 2.22 bits per heavy atom. The van der Waals surface area contributed by atoms with Gasteiger partial charge in [-0.05, 0) is 11.7 Å². The second-order valence-corrected chi connectivity index (χ2v) is 3.57. The van der Waals surface area contributed by atoms with Crippen LogP contribution in [0.1, 0.15) is 20.3 Å². The van der Waals surface area contributed by atoms with E-state index < -0.39 is 0 Å². The molecule has 0 aliphatic heterocycles. The van der Waals surface area contributed by atoms with Gasteiger partial charge in [0.25, 0.3) is 0 Å². The van der Waals surface area contributed by atoms with Crippen LogP contribution in [0.5, 0.6) is 0 Å². The molecule has 0 aromatic rings. The van der Waals surface area contributed by atoms with Crippen molar-refractivity contribution in [3.05, 3.63) is 0 Å². The van der Waals surface area contributed by atoms with E-state index in [2.05, 4.69) is 19.8 Å². The van der Waals surface area contributed by atoms with E-state index in [0.29, 0.717) is 0 Å². The van der Waals surface area contributed by atoms with Crippen LogP contribution in [0.4, 0.5) is 0 Å². The van der Waals surface area contributed by atoms with Crippen LogP contribution in [0.25, 0.3) is 0 Å². The Balaban J connectivity index is 2.85. The maximum atomic E-state index is 5.08. The highest BCUT2D eigenvalue weighted by molar-refractivity contribution is 7.99. The van der Waals surface area contributed by atoms with Crippen LogP contribution >= 0.6 is 11.8 Å². The average Bonchev–Trinajstić information content (AvgIpc) is 1.80. The van der Waals surface area contributed by atoms with Gasteiger partial charge < -0.3 is 0 Å². The van der Waals surface area contributed by atoms with Gasteiger partial charge in [0.2, 0.25) is 0 Å². The minimum Gasteiger partial charge on any atom is -0.161 e. The van der Waals surface area contributed by atoms with Gasteiger partial charge in [0.15, 0.2) is 0 Å². The summed E-state index contributed by atoms with van der Waals surface area (Å²) < 4.78 is 0. The van der Waals surface area contributed by atoms with Crippen molar-refractivity contribution in [2.75, 3.05) is 11.5 Å². The van der Waals surface area contributed by atoms with Gasteiger partial charge in [-0.25, -0.2) is 0 Å². The number of hydrogen-bond acceptors (Lipinski definition) is 1. The minimum absolute atomic E-state index is 0.799. The van der Waals surface area contributed by atoms with E-state index in [9.17, 15) is 0 Å². The van der Waals surface area contributed by atoms with Gasteiger partial charge >= 0.3 is 0 Å². The average molecular weight is 142 g/mol. The quantitative estimate of drug-likeness (QED) is 0.429. The van der Waals surface area contributed by atoms with Gasteiger partial charge in [-0.15, -0.1) is 12.3 Å². The molecular weight excluding hydrogens is 128 g/mol. The molecule has 0 N–H and O–H groups in total. The topological polar surface area (TPSA) is 0 Å². The van der Waals surface area contributed by atoms with E-state index in [-0.39, 0.29) is 0 Å². The van der Waals surface area contributed by atoms with Crippen molar-refractivity contribution in [2.24, 2.45) is 5.92 Å². The third-order valence-corrected chi connectivity index (χ3v) is 2.24. The Bertz CT molecular complexity index is 89.2. The second-order valence-electron chi connectivity index (χ2n) is 2.42. The lowest BCUT2D eigenvalue weighted by atomic mass is 10.3. The smallest absolute Gasteiger partial charge is 0.0177 e. The Morgan fingerprint density at radius 1 is 1.56 bits per heavy atom. The first kappa shape index (κ1) is 8.91. The molecule has 0 aliphatic carbocycles. The molecule has 0 aliphatic rings. The Morgan fingerprint density at radius 3 is 2.67 bits per heavy atom. The number of terminal acetylenes is 1. The molecule has 9 heavy (non-hydrogen) atoms. The molecule has 0 saturated heterocycles. The van der Waals surface area contributed by atoms with Crippen LogP contribution < -0.4 is 0 Å². The molecule has 0 rings (SSSR count). The summed E-state index contributed by atoms with van der Waals surface area (Å²) in [6.45, 7) is 4.45. The zero-order valence-electron chi connectivity index (χ0n) is 6.18. The van der Waals surface area contributed by atoms with Gasteiger partial charge in [-0.3, -0.25) is 0 Å². The van der Waals surface area contributed by atoms with Crippen LogP contribution in [-0.4, -0.2) is 11.5 Å². The molecule has 1 heteroatoms. The van der Waals surface area contributed by atoms with Gasteiger partial charge in [0, 0.05) is 12.2 Å². The summed E-state index contributed by atoms with van der Waals surface area (Å²) in [6, 6.07) is 0. The molecule has 0 nitrogen and oxygen atoms in total. The summed E-state index contributed by atoms with van der Waals surface area (Å²) >= 11 is 1.94. The van der Waals surface area contributed by atoms with Crippen molar-refractivity contribution in [2.45, 2.75) is 20.3 Å². The van der Waals surface area contributed by atoms with Crippen molar-refractivity contribution in [1.29, 1.82) is 0 Å². The fraction of sp³-hybridized carbons (Fsp3) is 0.750. The highest BCUT2D eigenvalue weighted by Crippen LogP contribution is 2.07. The maximum Gasteiger partial charge on any atom is 0.0177 e. The van der Waals surface area contributed by atoms with E-state index in [1.165, 1.54) is 5.75 Å². The van der Waals surface area contributed by atoms with Crippen LogP contribution in [0.3, 0.4) is 0 Å². The molecule has 0 unspecified atom stereocenters. The van der Waals surface area contributed by atoms with Gasteiger partial charge in [0.05, 0.1) is 0 Å². The van der Waals surface area contributed by atoms with Gasteiger partial charge in [-0.1, -0.05) is 13.8 Å². The number of hydrogen-bond donors (Lipinski definition) is 0. The van der Waals surface area contributed by atoms with Crippen molar-refractivity contribution in [3.8, 4) is 12.3 Å². The summed E-state index contributed by atoms with van der Waals surface area (Å²) in [7, 11) is 0. The molecule has 0 aromatic carbocycles. The third kappa shape index (κ3) is 7.91. The summed E-state index contributed by atoms with van der Waals surface area (Å²) in [4.78, 5) is 0. The monoisotopic (exact) mass is 142 g/mol. The first-order valence-electron chi connectivity index (χ1n) is 3.28. The molecule has 0 amide bonds. The van der Waals surface area contributed by atoms with Crippen molar-refractivity contribution >= 4 is 11.8 Å². The highest BCUT2D eigenvalue weighted by atomic mass is 32.2. The van der Waals surface area contributed by atoms with E-state index in [1.54, 1.807) is 0 Å². The highest BCUT2D eigenvalue weighted by Gasteiger charge is 1.91. The van der Waals surface area contributed by atoms with Crippen LogP contribution in [0, 0.1) is 18.3 Å². The number of rotatable bonds is 4. The van der Waals surface area contributed by atoms with Crippen molar-refractivity contribution in [3.63, 3.8) is 0 Å². The maximum absolute atomic E-state index is 5.08. The lowest BCUT2D eigenvalue weighted by Gasteiger charge is -2.00. The Hall–Kier alpha value is -0.0900. The molecule has 0 bridgehead atoms. The molecular formula is C8H14S. The lowest BCUT2D eigenvalue weighted by Crippen LogP contribution is -1.91. The van der Waals surface area contributed by atoms with E-state index in [1.807, 2.05) is 11.8 Å². The van der Waals surface area contributed by atoms with E-state index in [4.69, 9.17) is 6.42 Å². The molecule has 0 spiro atoms. The molecule has 0 atom stereocenters. The summed E-state index contributed by atoms with van der Waals surface area (Å²) in [6.07, 6.45) is 6.00. The first-order valence-corrected chi connectivity index (χ1v) is 4.44. The SMILES string of the molecule is C#CCCSCC(C)C. The molecule has 0 radical (unpaired) electrons. The van der Waals surface area contributed by atoms with Gasteiger partial charge in [-0.2, -0.15) is 11.8 Å². The van der Waals surface area contributed by atoms with Gasteiger partial charge in [0.1, 0.15) is 0 Å². The Labute approximate surface area is 62.4 Å². The zero-order chi connectivity index (χ0) is 7.11. The molecule has 0 aromatic heterocycles. The Kier molecular flexibility index (Phi) is 5.98. The fourth-order valence-electron chi connectivity index (χ4n) is 0.450. The van der Waals surface area contributed by atoms with Crippen molar-refractivity contribution < 1.29 is 0 Å².